The van der Waals surface area contributed by atoms with E-state index >= 15 is 0 Å². The zero-order valence-corrected chi connectivity index (χ0v) is 13.6. The monoisotopic (exact) mass is 274 g/mol. The van der Waals surface area contributed by atoms with Gasteiger partial charge in [-0.15, -0.1) is 0 Å². The summed E-state index contributed by atoms with van der Waals surface area (Å²) in [6.45, 7) is 12.4. The molecule has 0 spiro atoms. The van der Waals surface area contributed by atoms with Gasteiger partial charge in [-0.3, -0.25) is 4.90 Å². The number of hydrogen-bond acceptors (Lipinski definition) is 2. The van der Waals surface area contributed by atoms with Crippen LogP contribution in [0, 0.1) is 13.8 Å². The summed E-state index contributed by atoms with van der Waals surface area (Å²) in [7, 11) is 0. The van der Waals surface area contributed by atoms with Crippen molar-refractivity contribution in [3.8, 4) is 0 Å². The third kappa shape index (κ3) is 4.07. The van der Waals surface area contributed by atoms with Crippen LogP contribution in [0.15, 0.2) is 18.2 Å². The zero-order chi connectivity index (χ0) is 14.5. The molecule has 1 saturated heterocycles. The summed E-state index contributed by atoms with van der Waals surface area (Å²) in [6.07, 6.45) is 4.11. The fraction of sp³-hybridized carbons (Fsp3) is 0.667. The lowest BCUT2D eigenvalue weighted by Crippen LogP contribution is -2.43. The van der Waals surface area contributed by atoms with Gasteiger partial charge in [-0.05, 0) is 52.3 Å². The van der Waals surface area contributed by atoms with E-state index in [0.717, 1.165) is 19.1 Å². The Balaban J connectivity index is 2.13. The summed E-state index contributed by atoms with van der Waals surface area (Å²) in [5.74, 6) is 0. The van der Waals surface area contributed by atoms with Crippen LogP contribution in [0.1, 0.15) is 55.8 Å². The van der Waals surface area contributed by atoms with Crippen LogP contribution < -0.4 is 5.32 Å². The van der Waals surface area contributed by atoms with E-state index in [0.29, 0.717) is 6.04 Å². The van der Waals surface area contributed by atoms with E-state index in [1.807, 2.05) is 0 Å². The minimum atomic E-state index is 0.458. The molecule has 0 bridgehead atoms. The predicted molar refractivity (Wildman–Crippen MR) is 87.2 cm³/mol. The molecule has 2 atom stereocenters. The predicted octanol–water partition coefficient (Wildman–Crippen LogP) is 3.83. The quantitative estimate of drug-likeness (QED) is 0.878. The number of nitrogens with zero attached hydrogens (tertiary/aromatic N) is 1. The molecule has 1 aromatic rings. The minimum Gasteiger partial charge on any atom is -0.309 e. The van der Waals surface area contributed by atoms with Crippen molar-refractivity contribution in [2.24, 2.45) is 0 Å². The SMILES string of the molecule is CCNC(CN1CCCCC1C)c1cc(C)cc(C)c1. The van der Waals surface area contributed by atoms with Crippen molar-refractivity contribution < 1.29 is 0 Å². The van der Waals surface area contributed by atoms with E-state index in [9.17, 15) is 0 Å². The van der Waals surface area contributed by atoms with Crippen molar-refractivity contribution >= 4 is 0 Å². The Kier molecular flexibility index (Phi) is 5.62. The van der Waals surface area contributed by atoms with Crippen molar-refractivity contribution in [1.29, 1.82) is 0 Å². The second kappa shape index (κ2) is 7.24. The van der Waals surface area contributed by atoms with Crippen molar-refractivity contribution in [3.05, 3.63) is 34.9 Å². The lowest BCUT2D eigenvalue weighted by molar-refractivity contribution is 0.144. The number of nitrogens with one attached hydrogen (secondary N) is 1. The Labute approximate surface area is 124 Å². The van der Waals surface area contributed by atoms with Crippen molar-refractivity contribution in [3.63, 3.8) is 0 Å². The number of benzene rings is 1. The van der Waals surface area contributed by atoms with Gasteiger partial charge in [-0.25, -0.2) is 0 Å². The second-order valence-electron chi connectivity index (χ2n) is 6.37. The molecule has 0 aliphatic carbocycles. The van der Waals surface area contributed by atoms with E-state index in [1.54, 1.807) is 0 Å². The smallest absolute Gasteiger partial charge is 0.0449 e. The van der Waals surface area contributed by atoms with E-state index in [-0.39, 0.29) is 0 Å². The first-order chi connectivity index (χ1) is 9.60. The molecule has 1 aliphatic heterocycles. The highest BCUT2D eigenvalue weighted by atomic mass is 15.2. The van der Waals surface area contributed by atoms with E-state index < -0.39 is 0 Å². The molecule has 1 aromatic carbocycles. The lowest BCUT2D eigenvalue weighted by Gasteiger charge is -2.36. The maximum atomic E-state index is 3.68. The average molecular weight is 274 g/mol. The van der Waals surface area contributed by atoms with Gasteiger partial charge in [0.15, 0.2) is 0 Å². The van der Waals surface area contributed by atoms with E-state index in [1.165, 1.54) is 42.5 Å². The average Bonchev–Trinajstić information content (AvgIpc) is 2.39. The van der Waals surface area contributed by atoms with Gasteiger partial charge in [-0.2, -0.15) is 0 Å². The number of piperidine rings is 1. The Morgan fingerprint density at radius 1 is 1.20 bits per heavy atom. The highest BCUT2D eigenvalue weighted by Crippen LogP contribution is 2.23. The first kappa shape index (κ1) is 15.5. The summed E-state index contributed by atoms with van der Waals surface area (Å²) in [4.78, 5) is 2.66. The first-order valence-electron chi connectivity index (χ1n) is 8.15. The molecule has 2 rings (SSSR count). The fourth-order valence-electron chi connectivity index (χ4n) is 3.41. The standard InChI is InChI=1S/C18H30N2/c1-5-19-18(13-20-9-7-6-8-16(20)4)17-11-14(2)10-15(3)12-17/h10-12,16,18-19H,5-9,13H2,1-4H3. The van der Waals surface area contributed by atoms with E-state index in [4.69, 9.17) is 0 Å². The molecule has 1 aliphatic rings. The van der Waals surface area contributed by atoms with Gasteiger partial charge in [0.05, 0.1) is 0 Å². The molecule has 0 radical (unpaired) electrons. The highest BCUT2D eigenvalue weighted by molar-refractivity contribution is 5.31. The number of likely N-dealkylation sites (N-methyl/N-ethyl adjacent to an activating group) is 1. The van der Waals surface area contributed by atoms with Gasteiger partial charge >= 0.3 is 0 Å². The Hall–Kier alpha value is -0.860. The van der Waals surface area contributed by atoms with Gasteiger partial charge in [-0.1, -0.05) is 42.7 Å². The largest absolute Gasteiger partial charge is 0.309 e. The topological polar surface area (TPSA) is 15.3 Å². The van der Waals surface area contributed by atoms with Gasteiger partial charge in [0, 0.05) is 18.6 Å². The number of hydrogen-bond donors (Lipinski definition) is 1. The van der Waals surface area contributed by atoms with Crippen LogP contribution in [-0.4, -0.2) is 30.6 Å². The van der Waals surface area contributed by atoms with Crippen molar-refractivity contribution in [1.82, 2.24) is 10.2 Å². The Bertz CT molecular complexity index is 407. The van der Waals surface area contributed by atoms with E-state index in [2.05, 4.69) is 56.1 Å². The summed E-state index contributed by atoms with van der Waals surface area (Å²) in [5.41, 5.74) is 4.19. The van der Waals surface area contributed by atoms with Gasteiger partial charge in [0.25, 0.3) is 0 Å². The van der Waals surface area contributed by atoms with Crippen LogP contribution in [0.25, 0.3) is 0 Å². The normalized spacial score (nSPS) is 21.9. The molecular formula is C18H30N2. The third-order valence-corrected chi connectivity index (χ3v) is 4.45. The molecule has 1 N–H and O–H groups in total. The van der Waals surface area contributed by atoms with Gasteiger partial charge in [0.1, 0.15) is 0 Å². The Morgan fingerprint density at radius 2 is 1.90 bits per heavy atom. The zero-order valence-electron chi connectivity index (χ0n) is 13.6. The molecule has 1 fully saturated rings. The number of likely N-dealkylation sites (tertiary alicyclic amines) is 1. The number of aryl methyl sites for hydroxylation is 2. The number of rotatable bonds is 5. The summed E-state index contributed by atoms with van der Waals surface area (Å²) in [5, 5.41) is 3.68. The molecular weight excluding hydrogens is 244 g/mol. The van der Waals surface area contributed by atoms with Crippen molar-refractivity contribution in [2.75, 3.05) is 19.6 Å². The van der Waals surface area contributed by atoms with Crippen LogP contribution in [0.2, 0.25) is 0 Å². The van der Waals surface area contributed by atoms with Crippen molar-refractivity contribution in [2.45, 2.75) is 59.0 Å². The van der Waals surface area contributed by atoms with Crippen LogP contribution >= 0.6 is 0 Å². The molecule has 1 heterocycles. The molecule has 20 heavy (non-hydrogen) atoms. The molecule has 0 saturated carbocycles. The molecule has 0 amide bonds. The first-order valence-corrected chi connectivity index (χ1v) is 8.15. The Morgan fingerprint density at radius 3 is 2.50 bits per heavy atom. The lowest BCUT2D eigenvalue weighted by atomic mass is 9.98. The maximum Gasteiger partial charge on any atom is 0.0449 e. The fourth-order valence-corrected chi connectivity index (χ4v) is 3.41. The van der Waals surface area contributed by atoms with Crippen LogP contribution in [0.4, 0.5) is 0 Å². The summed E-state index contributed by atoms with van der Waals surface area (Å²) in [6, 6.07) is 8.13. The molecule has 2 heteroatoms. The maximum absolute atomic E-state index is 3.68. The minimum absolute atomic E-state index is 0.458. The van der Waals surface area contributed by atoms with Gasteiger partial charge in [0.2, 0.25) is 0 Å². The second-order valence-corrected chi connectivity index (χ2v) is 6.37. The highest BCUT2D eigenvalue weighted by Gasteiger charge is 2.22. The van der Waals surface area contributed by atoms with Gasteiger partial charge < -0.3 is 5.32 Å². The van der Waals surface area contributed by atoms with Crippen LogP contribution in [-0.2, 0) is 0 Å². The summed E-state index contributed by atoms with van der Waals surface area (Å²) < 4.78 is 0. The summed E-state index contributed by atoms with van der Waals surface area (Å²) >= 11 is 0. The third-order valence-electron chi connectivity index (χ3n) is 4.45. The van der Waals surface area contributed by atoms with Crippen LogP contribution in [0.3, 0.4) is 0 Å². The molecule has 112 valence electrons. The molecule has 2 unspecified atom stereocenters. The van der Waals surface area contributed by atoms with Crippen LogP contribution in [0.5, 0.6) is 0 Å². The molecule has 0 aromatic heterocycles. The molecule has 2 nitrogen and oxygen atoms in total.